The number of methoxy groups -OCH3 is 1. The highest BCUT2D eigenvalue weighted by atomic mass is 79.9. The summed E-state index contributed by atoms with van der Waals surface area (Å²) in [5.74, 6) is -0.344. The van der Waals surface area contributed by atoms with Gasteiger partial charge in [0.2, 0.25) is 5.88 Å². The van der Waals surface area contributed by atoms with Crippen molar-refractivity contribution >= 4 is 33.3 Å². The molecule has 3 aromatic rings. The van der Waals surface area contributed by atoms with Crippen LogP contribution in [-0.4, -0.2) is 71.3 Å². The molecule has 0 radical (unpaired) electrons. The zero-order valence-electron chi connectivity index (χ0n) is 22.0. The number of halogens is 4. The lowest BCUT2D eigenvalue weighted by Gasteiger charge is -2.24. The van der Waals surface area contributed by atoms with Crippen molar-refractivity contribution in [2.45, 2.75) is 25.1 Å². The van der Waals surface area contributed by atoms with Crippen LogP contribution >= 0.6 is 15.9 Å². The van der Waals surface area contributed by atoms with Crippen molar-refractivity contribution in [3.8, 4) is 17.0 Å². The Hall–Kier alpha value is -3.52. The number of aromatic nitrogens is 3. The van der Waals surface area contributed by atoms with E-state index in [-0.39, 0.29) is 54.8 Å². The van der Waals surface area contributed by atoms with E-state index >= 15 is 0 Å². The number of nitrogen functional groups attached to an aromatic ring is 1. The molecular weight excluding hydrogens is 597 g/mol. The molecule has 0 bridgehead atoms. The summed E-state index contributed by atoms with van der Waals surface area (Å²) in [5.41, 5.74) is 7.36. The van der Waals surface area contributed by atoms with E-state index in [1.54, 1.807) is 22.9 Å². The van der Waals surface area contributed by atoms with Crippen molar-refractivity contribution in [1.82, 2.24) is 19.2 Å². The molecule has 40 heavy (non-hydrogen) atoms. The van der Waals surface area contributed by atoms with Gasteiger partial charge in [-0.25, -0.2) is 9.48 Å². The second-order valence-corrected chi connectivity index (χ2v) is 10.4. The number of aryl methyl sites for hydroxylation is 1. The zero-order valence-corrected chi connectivity index (χ0v) is 23.6. The van der Waals surface area contributed by atoms with Gasteiger partial charge >= 0.3 is 12.1 Å². The summed E-state index contributed by atoms with van der Waals surface area (Å²) in [5, 5.41) is 7.46. The molecule has 0 saturated heterocycles. The lowest BCUT2D eigenvalue weighted by molar-refractivity contribution is -0.146. The van der Waals surface area contributed by atoms with Gasteiger partial charge in [0.05, 0.1) is 54.0 Å². The van der Waals surface area contributed by atoms with Crippen LogP contribution in [0.5, 0.6) is 5.88 Å². The van der Waals surface area contributed by atoms with E-state index in [0.717, 1.165) is 17.3 Å². The van der Waals surface area contributed by atoms with Gasteiger partial charge in [-0.2, -0.15) is 18.3 Å². The van der Waals surface area contributed by atoms with Crippen molar-refractivity contribution in [3.05, 3.63) is 57.0 Å². The maximum absolute atomic E-state index is 13.3. The Balaban J connectivity index is 1.50. The number of nitrogens with two attached hydrogens (primary N) is 1. The van der Waals surface area contributed by atoms with Gasteiger partial charge in [0.15, 0.2) is 0 Å². The van der Waals surface area contributed by atoms with E-state index in [0.29, 0.717) is 16.9 Å². The van der Waals surface area contributed by atoms with E-state index in [9.17, 15) is 22.8 Å². The summed E-state index contributed by atoms with van der Waals surface area (Å²) in [6.07, 6.45) is 0.167. The number of hydrogen-bond acceptors (Lipinski definition) is 8. The molecular formula is C26H30BrF3N6O4. The Bertz CT molecular complexity index is 1420. The fourth-order valence-electron chi connectivity index (χ4n) is 4.22. The second-order valence-electron chi connectivity index (χ2n) is 9.49. The van der Waals surface area contributed by atoms with Gasteiger partial charge < -0.3 is 25.1 Å². The maximum Gasteiger partial charge on any atom is 0.401 e. The molecule has 216 valence electrons. The smallest absolute Gasteiger partial charge is 0.401 e. The molecule has 2 heterocycles. The summed E-state index contributed by atoms with van der Waals surface area (Å²) in [7, 11) is 2.75. The molecule has 10 nitrogen and oxygen atoms in total. The predicted octanol–water partition coefficient (Wildman–Crippen LogP) is 4.07. The third-order valence-corrected chi connectivity index (χ3v) is 6.84. The van der Waals surface area contributed by atoms with Crippen LogP contribution in [0.15, 0.2) is 45.9 Å². The quantitative estimate of drug-likeness (QED) is 0.228. The SMILES string of the molecule is COC(=O)c1cc(-c2cnn(C3CC3)c2OCCN(CCNc2cc(Br)ccc2N)CC(F)(F)F)c(=O)n(C)c1. The third kappa shape index (κ3) is 7.36. The average molecular weight is 627 g/mol. The summed E-state index contributed by atoms with van der Waals surface area (Å²) in [6, 6.07) is 6.71. The van der Waals surface area contributed by atoms with Crippen molar-refractivity contribution in [3.63, 3.8) is 0 Å². The first-order chi connectivity index (χ1) is 19.0. The van der Waals surface area contributed by atoms with E-state index in [4.69, 9.17) is 15.2 Å². The lowest BCUT2D eigenvalue weighted by Crippen LogP contribution is -2.39. The highest BCUT2D eigenvalue weighted by molar-refractivity contribution is 9.10. The van der Waals surface area contributed by atoms with Crippen molar-refractivity contribution in [2.24, 2.45) is 7.05 Å². The number of anilines is 2. The first kappa shape index (κ1) is 29.5. The van der Waals surface area contributed by atoms with Crippen LogP contribution in [0.2, 0.25) is 0 Å². The number of hydrogen-bond donors (Lipinski definition) is 2. The highest BCUT2D eigenvalue weighted by Gasteiger charge is 2.32. The molecule has 0 unspecified atom stereocenters. The highest BCUT2D eigenvalue weighted by Crippen LogP contribution is 2.41. The minimum atomic E-state index is -4.41. The summed E-state index contributed by atoms with van der Waals surface area (Å²) >= 11 is 3.35. The molecule has 3 N–H and O–H groups in total. The molecule has 0 aliphatic heterocycles. The number of carbonyl (C=O) groups excluding carboxylic acids is 1. The Morgan fingerprint density at radius 3 is 2.67 bits per heavy atom. The van der Waals surface area contributed by atoms with E-state index in [1.807, 2.05) is 0 Å². The molecule has 2 aromatic heterocycles. The first-order valence-electron chi connectivity index (χ1n) is 12.5. The minimum Gasteiger partial charge on any atom is -0.476 e. The van der Waals surface area contributed by atoms with E-state index in [2.05, 4.69) is 26.3 Å². The van der Waals surface area contributed by atoms with Crippen molar-refractivity contribution in [2.75, 3.05) is 50.9 Å². The van der Waals surface area contributed by atoms with Gasteiger partial charge in [-0.15, -0.1) is 0 Å². The van der Waals surface area contributed by atoms with Crippen LogP contribution in [0.3, 0.4) is 0 Å². The van der Waals surface area contributed by atoms with E-state index in [1.165, 1.54) is 42.1 Å². The van der Waals surface area contributed by atoms with Crippen LogP contribution in [-0.2, 0) is 11.8 Å². The Morgan fingerprint density at radius 1 is 1.25 bits per heavy atom. The third-order valence-electron chi connectivity index (χ3n) is 6.35. The van der Waals surface area contributed by atoms with E-state index < -0.39 is 18.7 Å². The average Bonchev–Trinajstić information content (AvgIpc) is 3.66. The van der Waals surface area contributed by atoms with Crippen LogP contribution < -0.4 is 21.3 Å². The number of rotatable bonds is 12. The number of alkyl halides is 3. The predicted molar refractivity (Wildman–Crippen MR) is 148 cm³/mol. The largest absolute Gasteiger partial charge is 0.476 e. The number of esters is 1. The molecule has 1 aliphatic rings. The van der Waals surface area contributed by atoms with Gasteiger partial charge in [-0.1, -0.05) is 15.9 Å². The normalized spacial score (nSPS) is 13.5. The molecule has 4 rings (SSSR count). The van der Waals surface area contributed by atoms with Crippen molar-refractivity contribution < 1.29 is 27.4 Å². The number of carbonyl (C=O) groups is 1. The summed E-state index contributed by atoms with van der Waals surface area (Å²) in [6.45, 7) is -0.950. The Morgan fingerprint density at radius 2 is 2.00 bits per heavy atom. The van der Waals surface area contributed by atoms with Crippen LogP contribution in [0, 0.1) is 0 Å². The molecule has 1 aromatic carbocycles. The number of benzene rings is 1. The van der Waals surface area contributed by atoms with Crippen LogP contribution in [0.4, 0.5) is 24.5 Å². The Labute approximate surface area is 237 Å². The standard InChI is InChI=1S/C26H30BrF3N6O4/c1-34-14-16(25(38)39-2)11-19(23(34)37)20-13-33-36(18-4-5-18)24(20)40-10-9-35(15-26(28,29)30)8-7-32-22-12-17(27)3-6-21(22)31/h3,6,11-14,18,32H,4-5,7-10,15,31H2,1-2H3. The number of nitrogens with zero attached hydrogens (tertiary/aromatic N) is 4. The fourth-order valence-corrected chi connectivity index (χ4v) is 4.58. The zero-order chi connectivity index (χ0) is 29.0. The fraction of sp³-hybridized carbons (Fsp3) is 0.423. The van der Waals surface area contributed by atoms with Crippen LogP contribution in [0.1, 0.15) is 29.2 Å². The molecule has 14 heteroatoms. The van der Waals surface area contributed by atoms with Gasteiger partial charge in [-0.05, 0) is 37.1 Å². The van der Waals surface area contributed by atoms with Gasteiger partial charge in [0.25, 0.3) is 5.56 Å². The second kappa shape index (κ2) is 12.3. The van der Waals surface area contributed by atoms with Gasteiger partial charge in [0, 0.05) is 37.4 Å². The number of pyridine rings is 1. The number of ether oxygens (including phenoxy) is 2. The molecule has 0 atom stereocenters. The monoisotopic (exact) mass is 626 g/mol. The number of nitrogens with one attached hydrogen (secondary N) is 1. The minimum absolute atomic E-state index is 0.0371. The topological polar surface area (TPSA) is 117 Å². The van der Waals surface area contributed by atoms with Crippen molar-refractivity contribution in [1.29, 1.82) is 0 Å². The van der Waals surface area contributed by atoms with Crippen LogP contribution in [0.25, 0.3) is 11.1 Å². The molecule has 0 amide bonds. The van der Waals surface area contributed by atoms with Gasteiger partial charge in [-0.3, -0.25) is 9.69 Å². The lowest BCUT2D eigenvalue weighted by atomic mass is 10.1. The first-order valence-corrected chi connectivity index (χ1v) is 13.3. The molecule has 1 fully saturated rings. The Kier molecular flexibility index (Phi) is 9.08. The molecule has 1 saturated carbocycles. The molecule has 0 spiro atoms. The summed E-state index contributed by atoms with van der Waals surface area (Å²) < 4.78 is 54.5. The summed E-state index contributed by atoms with van der Waals surface area (Å²) in [4.78, 5) is 26.3. The van der Waals surface area contributed by atoms with Gasteiger partial charge in [0.1, 0.15) is 6.61 Å². The maximum atomic E-state index is 13.3. The molecule has 1 aliphatic carbocycles.